The van der Waals surface area contributed by atoms with E-state index in [2.05, 4.69) is 15.1 Å². The molecule has 0 spiro atoms. The molecule has 8 nitrogen and oxygen atoms in total. The average Bonchev–Trinajstić information content (AvgIpc) is 3.21. The highest BCUT2D eigenvalue weighted by atomic mass is 32.1. The molecular weight excluding hydrogens is 340 g/mol. The summed E-state index contributed by atoms with van der Waals surface area (Å²) in [6.07, 6.45) is 2.75. The van der Waals surface area contributed by atoms with Crippen molar-refractivity contribution in [2.24, 2.45) is 12.8 Å². The number of thiophene rings is 1. The van der Waals surface area contributed by atoms with Crippen molar-refractivity contribution < 1.29 is 4.79 Å². The molecule has 0 aromatic carbocycles. The number of amides is 1. The van der Waals surface area contributed by atoms with Crippen molar-refractivity contribution in [2.45, 2.75) is 38.3 Å². The van der Waals surface area contributed by atoms with E-state index in [1.54, 1.807) is 7.05 Å². The van der Waals surface area contributed by atoms with Gasteiger partial charge in [0.15, 0.2) is 5.82 Å². The zero-order valence-electron chi connectivity index (χ0n) is 14.2. The van der Waals surface area contributed by atoms with Crippen LogP contribution in [0.2, 0.25) is 0 Å². The number of likely N-dealkylation sites (tertiary alicyclic amines) is 1. The molecule has 25 heavy (non-hydrogen) atoms. The second-order valence-electron chi connectivity index (χ2n) is 6.77. The van der Waals surface area contributed by atoms with Crippen molar-refractivity contribution in [1.29, 1.82) is 0 Å². The Balaban J connectivity index is 1.85. The van der Waals surface area contributed by atoms with Gasteiger partial charge in [0.2, 0.25) is 11.7 Å². The van der Waals surface area contributed by atoms with Crippen LogP contribution in [0.25, 0.3) is 16.0 Å². The van der Waals surface area contributed by atoms with E-state index in [0.29, 0.717) is 22.8 Å². The predicted octanol–water partition coefficient (Wildman–Crippen LogP) is 0.873. The minimum absolute atomic E-state index is 0.0728. The van der Waals surface area contributed by atoms with Gasteiger partial charge < -0.3 is 5.73 Å². The summed E-state index contributed by atoms with van der Waals surface area (Å²) in [4.78, 5) is 26.5. The van der Waals surface area contributed by atoms with Gasteiger partial charge in [-0.1, -0.05) is 0 Å². The molecule has 1 atom stereocenters. The maximum Gasteiger partial charge on any atom is 0.272 e. The minimum Gasteiger partial charge on any atom is -0.368 e. The average molecular weight is 360 g/mol. The van der Waals surface area contributed by atoms with Crippen molar-refractivity contribution in [1.82, 2.24) is 24.1 Å². The third kappa shape index (κ3) is 2.30. The lowest BCUT2D eigenvalue weighted by atomic mass is 9.87. The Bertz CT molecular complexity index is 1030. The maximum atomic E-state index is 12.4. The lowest BCUT2D eigenvalue weighted by Crippen LogP contribution is -2.57. The SMILES string of the molecule is Cn1c(=O)c2sccc2n2c(CN3CCCCC3(C)C(N)=O)nnc12. The third-order valence-corrected chi connectivity index (χ3v) is 6.19. The van der Waals surface area contributed by atoms with E-state index in [1.165, 1.54) is 15.9 Å². The van der Waals surface area contributed by atoms with Gasteiger partial charge in [-0.15, -0.1) is 21.5 Å². The number of hydrogen-bond acceptors (Lipinski definition) is 6. The summed E-state index contributed by atoms with van der Waals surface area (Å²) in [5, 5.41) is 10.4. The molecule has 0 aliphatic carbocycles. The molecule has 3 aromatic rings. The zero-order valence-corrected chi connectivity index (χ0v) is 15.0. The van der Waals surface area contributed by atoms with Crippen molar-refractivity contribution in [3.8, 4) is 0 Å². The van der Waals surface area contributed by atoms with Crippen LogP contribution in [0.3, 0.4) is 0 Å². The Labute approximate surface area is 147 Å². The summed E-state index contributed by atoms with van der Waals surface area (Å²) in [6.45, 7) is 3.14. The lowest BCUT2D eigenvalue weighted by Gasteiger charge is -2.42. The molecule has 1 saturated heterocycles. The van der Waals surface area contributed by atoms with Crippen LogP contribution in [0.1, 0.15) is 32.0 Å². The van der Waals surface area contributed by atoms with Gasteiger partial charge in [-0.05, 0) is 44.2 Å². The molecule has 1 fully saturated rings. The highest BCUT2D eigenvalue weighted by Crippen LogP contribution is 2.29. The molecule has 3 aromatic heterocycles. The number of nitrogens with zero attached hydrogens (tertiary/aromatic N) is 5. The van der Waals surface area contributed by atoms with E-state index in [4.69, 9.17) is 5.73 Å². The first-order valence-corrected chi connectivity index (χ1v) is 9.16. The molecule has 132 valence electrons. The van der Waals surface area contributed by atoms with Crippen molar-refractivity contribution in [3.63, 3.8) is 0 Å². The van der Waals surface area contributed by atoms with E-state index >= 15 is 0 Å². The highest BCUT2D eigenvalue weighted by Gasteiger charge is 2.40. The molecule has 1 aliphatic heterocycles. The highest BCUT2D eigenvalue weighted by molar-refractivity contribution is 7.17. The van der Waals surface area contributed by atoms with Crippen LogP contribution < -0.4 is 11.3 Å². The first-order valence-electron chi connectivity index (χ1n) is 8.28. The zero-order chi connectivity index (χ0) is 17.8. The molecule has 4 rings (SSSR count). The number of carbonyl (C=O) groups excluding carboxylic acids is 1. The summed E-state index contributed by atoms with van der Waals surface area (Å²) < 4.78 is 4.09. The second kappa shape index (κ2) is 5.63. The van der Waals surface area contributed by atoms with Gasteiger partial charge >= 0.3 is 0 Å². The predicted molar refractivity (Wildman–Crippen MR) is 95.5 cm³/mol. The van der Waals surface area contributed by atoms with Crippen molar-refractivity contribution in [3.05, 3.63) is 27.6 Å². The quantitative estimate of drug-likeness (QED) is 0.747. The number of piperidine rings is 1. The molecule has 2 N–H and O–H groups in total. The second-order valence-corrected chi connectivity index (χ2v) is 7.68. The number of rotatable bonds is 3. The van der Waals surface area contributed by atoms with E-state index in [0.717, 1.165) is 31.3 Å². The van der Waals surface area contributed by atoms with E-state index in [1.807, 2.05) is 22.8 Å². The molecular formula is C16H20N6O2S. The molecule has 0 bridgehead atoms. The molecule has 0 radical (unpaired) electrons. The summed E-state index contributed by atoms with van der Waals surface area (Å²) >= 11 is 1.41. The van der Waals surface area contributed by atoms with Crippen LogP contribution in [0.15, 0.2) is 16.2 Å². The van der Waals surface area contributed by atoms with Crippen molar-refractivity contribution >= 4 is 33.2 Å². The summed E-state index contributed by atoms with van der Waals surface area (Å²) in [7, 11) is 1.70. The Hall–Kier alpha value is -2.26. The van der Waals surface area contributed by atoms with Gasteiger partial charge in [-0.25, -0.2) is 0 Å². The fourth-order valence-electron chi connectivity index (χ4n) is 3.64. The molecule has 9 heteroatoms. The van der Waals surface area contributed by atoms with Crippen LogP contribution in [-0.2, 0) is 18.4 Å². The number of aryl methyl sites for hydroxylation is 1. The standard InChI is InChI=1S/C16H20N6O2S/c1-16(14(17)24)6-3-4-7-21(16)9-11-18-19-15-20(2)13(23)12-10(22(11)15)5-8-25-12/h5,8H,3-4,6-7,9H2,1-2H3,(H2,17,24). The minimum atomic E-state index is -0.682. The van der Waals surface area contributed by atoms with E-state index < -0.39 is 5.54 Å². The van der Waals surface area contributed by atoms with Crippen LogP contribution in [0.4, 0.5) is 0 Å². The summed E-state index contributed by atoms with van der Waals surface area (Å²) in [6, 6.07) is 1.91. The Morgan fingerprint density at radius 3 is 2.96 bits per heavy atom. The van der Waals surface area contributed by atoms with Gasteiger partial charge in [0.05, 0.1) is 17.6 Å². The van der Waals surface area contributed by atoms with Gasteiger partial charge in [0, 0.05) is 7.05 Å². The monoisotopic (exact) mass is 360 g/mol. The van der Waals surface area contributed by atoms with E-state index in [9.17, 15) is 9.59 Å². The number of aromatic nitrogens is 4. The van der Waals surface area contributed by atoms with Gasteiger partial charge in [-0.2, -0.15) is 0 Å². The van der Waals surface area contributed by atoms with Crippen molar-refractivity contribution in [2.75, 3.05) is 6.54 Å². The van der Waals surface area contributed by atoms with Gasteiger partial charge in [0.1, 0.15) is 4.70 Å². The number of hydrogen-bond donors (Lipinski definition) is 1. The van der Waals surface area contributed by atoms with Crippen LogP contribution in [0, 0.1) is 0 Å². The first kappa shape index (κ1) is 16.2. The maximum absolute atomic E-state index is 12.4. The van der Waals surface area contributed by atoms with Gasteiger partial charge in [0.25, 0.3) is 5.56 Å². The van der Waals surface area contributed by atoms with Crippen LogP contribution in [0.5, 0.6) is 0 Å². The lowest BCUT2D eigenvalue weighted by molar-refractivity contribution is -0.132. The molecule has 1 unspecified atom stereocenters. The van der Waals surface area contributed by atoms with Crippen LogP contribution >= 0.6 is 11.3 Å². The largest absolute Gasteiger partial charge is 0.368 e. The number of carbonyl (C=O) groups is 1. The number of nitrogens with two attached hydrogens (primary N) is 1. The smallest absolute Gasteiger partial charge is 0.272 e. The topological polar surface area (TPSA) is 98.5 Å². The Morgan fingerprint density at radius 2 is 2.20 bits per heavy atom. The molecule has 0 saturated carbocycles. The number of fused-ring (bicyclic) bond motifs is 3. The normalized spacial score (nSPS) is 22.0. The van der Waals surface area contributed by atoms with E-state index in [-0.39, 0.29) is 11.5 Å². The molecule has 4 heterocycles. The Morgan fingerprint density at radius 1 is 1.40 bits per heavy atom. The third-order valence-electron chi connectivity index (χ3n) is 5.30. The first-order chi connectivity index (χ1) is 11.9. The Kier molecular flexibility index (Phi) is 3.66. The van der Waals surface area contributed by atoms with Gasteiger partial charge in [-0.3, -0.25) is 23.5 Å². The fourth-order valence-corrected chi connectivity index (χ4v) is 4.49. The summed E-state index contributed by atoms with van der Waals surface area (Å²) in [5.41, 5.74) is 5.74. The molecule has 1 aliphatic rings. The number of primary amides is 1. The molecule has 1 amide bonds. The fraction of sp³-hybridized carbons (Fsp3) is 0.500. The van der Waals surface area contributed by atoms with Crippen LogP contribution in [-0.4, -0.2) is 42.1 Å². The summed E-state index contributed by atoms with van der Waals surface area (Å²) in [5.74, 6) is 0.904.